The van der Waals surface area contributed by atoms with Crippen molar-refractivity contribution >= 4 is 0 Å². The molecule has 13 heavy (non-hydrogen) atoms. The maximum atomic E-state index is 2.43. The monoisotopic (exact) mass is 182 g/mol. The Morgan fingerprint density at radius 2 is 1.31 bits per heavy atom. The first kappa shape index (κ1) is 11.1. The van der Waals surface area contributed by atoms with E-state index in [-0.39, 0.29) is 0 Å². The van der Waals surface area contributed by atoms with Crippen LogP contribution in [0.4, 0.5) is 0 Å². The van der Waals surface area contributed by atoms with Gasteiger partial charge in [0.15, 0.2) is 0 Å². The van der Waals surface area contributed by atoms with Crippen molar-refractivity contribution in [2.24, 2.45) is 11.8 Å². The molecule has 1 fully saturated rings. The van der Waals surface area contributed by atoms with Crippen molar-refractivity contribution in [3.05, 3.63) is 0 Å². The molecule has 0 aliphatic heterocycles. The van der Waals surface area contributed by atoms with Gasteiger partial charge in [0.25, 0.3) is 0 Å². The summed E-state index contributed by atoms with van der Waals surface area (Å²) in [6, 6.07) is 0. The lowest BCUT2D eigenvalue weighted by atomic mass is 9.88. The smallest absolute Gasteiger partial charge is 0.0417 e. The molecular weight excluding hydrogens is 156 g/mol. The van der Waals surface area contributed by atoms with E-state index in [4.69, 9.17) is 0 Å². The molecule has 0 unspecified atom stereocenters. The highest BCUT2D eigenvalue weighted by Crippen LogP contribution is 2.25. The lowest BCUT2D eigenvalue weighted by Gasteiger charge is -2.18. The molecule has 0 aromatic heterocycles. The lowest BCUT2D eigenvalue weighted by molar-refractivity contribution is 0.348. The van der Waals surface area contributed by atoms with Gasteiger partial charge in [0.1, 0.15) is 0 Å². The van der Waals surface area contributed by atoms with Gasteiger partial charge in [-0.15, -0.1) is 0 Å². The van der Waals surface area contributed by atoms with Gasteiger partial charge in [0.2, 0.25) is 0 Å². The Kier molecular flexibility index (Phi) is 5.50. The van der Waals surface area contributed by atoms with Crippen molar-refractivity contribution in [2.75, 3.05) is 0 Å². The van der Waals surface area contributed by atoms with Gasteiger partial charge in [-0.2, -0.15) is 0 Å². The minimum absolute atomic E-state index is 0.998. The average molecular weight is 182 g/mol. The van der Waals surface area contributed by atoms with Gasteiger partial charge in [0, 0.05) is 0 Å². The van der Waals surface area contributed by atoms with Crippen LogP contribution in [0, 0.1) is 11.8 Å². The molecule has 0 heteroatoms. The van der Waals surface area contributed by atoms with Crippen molar-refractivity contribution in [3.63, 3.8) is 0 Å². The zero-order chi connectivity index (χ0) is 9.52. The summed E-state index contributed by atoms with van der Waals surface area (Å²) in [5.41, 5.74) is 0. The fourth-order valence-electron chi connectivity index (χ4n) is 2.55. The third-order valence-electron chi connectivity index (χ3n) is 3.70. The van der Waals surface area contributed by atoms with Crippen molar-refractivity contribution in [2.45, 2.75) is 71.6 Å². The molecule has 0 bridgehead atoms. The quantitative estimate of drug-likeness (QED) is 0.547. The van der Waals surface area contributed by atoms with E-state index < -0.39 is 0 Å². The summed E-state index contributed by atoms with van der Waals surface area (Å²) in [6.07, 6.45) is 13.3. The van der Waals surface area contributed by atoms with Crippen LogP contribution in [-0.4, -0.2) is 0 Å². The van der Waals surface area contributed by atoms with Crippen LogP contribution >= 0.6 is 0 Å². The third kappa shape index (κ3) is 4.69. The van der Waals surface area contributed by atoms with E-state index in [0.29, 0.717) is 0 Å². The maximum absolute atomic E-state index is 2.43. The molecular formula is C13H26. The molecule has 0 radical (unpaired) electrons. The van der Waals surface area contributed by atoms with E-state index in [1.54, 1.807) is 0 Å². The van der Waals surface area contributed by atoms with Gasteiger partial charge < -0.3 is 0 Å². The van der Waals surface area contributed by atoms with Crippen LogP contribution in [0.3, 0.4) is 0 Å². The summed E-state index contributed by atoms with van der Waals surface area (Å²) < 4.78 is 0. The predicted molar refractivity (Wildman–Crippen MR) is 59.9 cm³/mol. The molecule has 1 saturated carbocycles. The van der Waals surface area contributed by atoms with Crippen molar-refractivity contribution in [1.82, 2.24) is 0 Å². The Hall–Kier alpha value is 0. The van der Waals surface area contributed by atoms with Gasteiger partial charge in [-0.25, -0.2) is 0 Å². The van der Waals surface area contributed by atoms with Crippen LogP contribution in [-0.2, 0) is 0 Å². The Balaban J connectivity index is 2.24. The highest BCUT2D eigenvalue weighted by molar-refractivity contribution is 4.63. The normalized spacial score (nSPS) is 32.8. The minimum atomic E-state index is 0.998. The first-order valence-corrected chi connectivity index (χ1v) is 6.33. The van der Waals surface area contributed by atoms with E-state index in [0.717, 1.165) is 11.8 Å². The van der Waals surface area contributed by atoms with Crippen molar-refractivity contribution in [1.29, 1.82) is 0 Å². The van der Waals surface area contributed by atoms with Gasteiger partial charge in [0.05, 0.1) is 0 Å². The molecule has 0 saturated heterocycles. The predicted octanol–water partition coefficient (Wildman–Crippen LogP) is 4.78. The molecule has 0 nitrogen and oxygen atoms in total. The number of hydrogen-bond donors (Lipinski definition) is 0. The van der Waals surface area contributed by atoms with Crippen LogP contribution in [0.25, 0.3) is 0 Å². The molecule has 0 heterocycles. The SMILES string of the molecule is CCC1CCCCC(C)CCCC1. The van der Waals surface area contributed by atoms with Crippen LogP contribution in [0.15, 0.2) is 0 Å². The largest absolute Gasteiger partial charge is 0.0651 e. The Labute approximate surface area is 84.1 Å². The standard InChI is InChI=1S/C13H26/c1-3-13-10-6-4-8-12(2)9-5-7-11-13/h12-13H,3-11H2,1-2H3. The summed E-state index contributed by atoms with van der Waals surface area (Å²) in [4.78, 5) is 0. The summed E-state index contributed by atoms with van der Waals surface area (Å²) in [7, 11) is 0. The van der Waals surface area contributed by atoms with E-state index >= 15 is 0 Å². The topological polar surface area (TPSA) is 0 Å². The molecule has 0 aromatic rings. The highest BCUT2D eigenvalue weighted by atomic mass is 14.2. The third-order valence-corrected chi connectivity index (χ3v) is 3.70. The summed E-state index contributed by atoms with van der Waals surface area (Å²) in [5.74, 6) is 2.05. The van der Waals surface area contributed by atoms with Crippen LogP contribution in [0.2, 0.25) is 0 Å². The zero-order valence-electron chi connectivity index (χ0n) is 9.52. The van der Waals surface area contributed by atoms with E-state index in [2.05, 4.69) is 13.8 Å². The fraction of sp³-hybridized carbons (Fsp3) is 1.00. The number of hydrogen-bond acceptors (Lipinski definition) is 0. The molecule has 0 spiro atoms. The first-order chi connectivity index (χ1) is 6.33. The van der Waals surface area contributed by atoms with E-state index in [1.807, 2.05) is 0 Å². The van der Waals surface area contributed by atoms with Crippen molar-refractivity contribution in [3.8, 4) is 0 Å². The average Bonchev–Trinajstić information content (AvgIpc) is 2.16. The molecule has 0 aromatic carbocycles. The molecule has 0 N–H and O–H groups in total. The van der Waals surface area contributed by atoms with Gasteiger partial charge >= 0.3 is 0 Å². The first-order valence-electron chi connectivity index (χ1n) is 6.33. The molecule has 0 atom stereocenters. The maximum Gasteiger partial charge on any atom is -0.0417 e. The fourth-order valence-corrected chi connectivity index (χ4v) is 2.55. The molecule has 1 aliphatic carbocycles. The van der Waals surface area contributed by atoms with Crippen LogP contribution in [0.1, 0.15) is 71.6 Å². The van der Waals surface area contributed by atoms with Gasteiger partial charge in [-0.3, -0.25) is 0 Å². The van der Waals surface area contributed by atoms with Gasteiger partial charge in [-0.1, -0.05) is 71.6 Å². The second-order valence-corrected chi connectivity index (χ2v) is 4.95. The second kappa shape index (κ2) is 6.45. The second-order valence-electron chi connectivity index (χ2n) is 4.95. The minimum Gasteiger partial charge on any atom is -0.0651 e. The Morgan fingerprint density at radius 1 is 0.846 bits per heavy atom. The Morgan fingerprint density at radius 3 is 1.77 bits per heavy atom. The van der Waals surface area contributed by atoms with E-state index in [9.17, 15) is 0 Å². The Bertz CT molecular complexity index is 105. The molecule has 1 aliphatic rings. The molecule has 1 rings (SSSR count). The van der Waals surface area contributed by atoms with E-state index in [1.165, 1.54) is 57.8 Å². The lowest BCUT2D eigenvalue weighted by Crippen LogP contribution is -2.03. The van der Waals surface area contributed by atoms with Crippen LogP contribution in [0.5, 0.6) is 0 Å². The summed E-state index contributed by atoms with van der Waals surface area (Å²) in [5, 5.41) is 0. The number of rotatable bonds is 1. The van der Waals surface area contributed by atoms with Crippen LogP contribution < -0.4 is 0 Å². The van der Waals surface area contributed by atoms with Gasteiger partial charge in [-0.05, 0) is 11.8 Å². The highest BCUT2D eigenvalue weighted by Gasteiger charge is 2.10. The zero-order valence-corrected chi connectivity index (χ0v) is 9.52. The summed E-state index contributed by atoms with van der Waals surface area (Å²) in [6.45, 7) is 4.79. The van der Waals surface area contributed by atoms with Crippen molar-refractivity contribution < 1.29 is 0 Å². The molecule has 0 amide bonds. The summed E-state index contributed by atoms with van der Waals surface area (Å²) >= 11 is 0. The molecule has 78 valence electrons.